The van der Waals surface area contributed by atoms with Gasteiger partial charge in [0.05, 0.1) is 18.2 Å². The molecule has 0 saturated heterocycles. The van der Waals surface area contributed by atoms with Gasteiger partial charge in [0.15, 0.2) is 0 Å². The number of hydrogen-bond acceptors (Lipinski definition) is 3. The molecule has 0 aliphatic carbocycles. The Morgan fingerprint density at radius 1 is 1.20 bits per heavy atom. The SMILES string of the molecule is CCOCc1cc(Cl)c(OCC)c(CC(N)CC)c1.Cl. The van der Waals surface area contributed by atoms with Crippen molar-refractivity contribution < 1.29 is 9.47 Å². The summed E-state index contributed by atoms with van der Waals surface area (Å²) >= 11 is 6.30. The van der Waals surface area contributed by atoms with E-state index in [1.54, 1.807) is 0 Å². The average Bonchev–Trinajstić information content (AvgIpc) is 2.40. The van der Waals surface area contributed by atoms with E-state index in [-0.39, 0.29) is 18.4 Å². The van der Waals surface area contributed by atoms with Gasteiger partial charge < -0.3 is 15.2 Å². The van der Waals surface area contributed by atoms with Gasteiger partial charge in [-0.3, -0.25) is 0 Å². The summed E-state index contributed by atoms with van der Waals surface area (Å²) in [4.78, 5) is 0. The van der Waals surface area contributed by atoms with Gasteiger partial charge >= 0.3 is 0 Å². The fourth-order valence-corrected chi connectivity index (χ4v) is 2.22. The standard InChI is InChI=1S/C15H24ClNO2.ClH/c1-4-13(17)9-12-7-11(10-18-5-2)8-14(16)15(12)19-6-3;/h7-8,13H,4-6,9-10,17H2,1-3H3;1H. The summed E-state index contributed by atoms with van der Waals surface area (Å²) in [5.74, 6) is 0.758. The zero-order chi connectivity index (χ0) is 14.3. The summed E-state index contributed by atoms with van der Waals surface area (Å²) in [6.45, 7) is 7.86. The second-order valence-electron chi connectivity index (χ2n) is 4.51. The first-order chi connectivity index (χ1) is 9.12. The van der Waals surface area contributed by atoms with Crippen LogP contribution in [-0.4, -0.2) is 19.3 Å². The van der Waals surface area contributed by atoms with Gasteiger partial charge in [0.2, 0.25) is 0 Å². The van der Waals surface area contributed by atoms with Crippen LogP contribution in [0.5, 0.6) is 5.75 Å². The molecule has 0 saturated carbocycles. The predicted octanol–water partition coefficient (Wildman–Crippen LogP) is 3.98. The first-order valence-electron chi connectivity index (χ1n) is 6.89. The van der Waals surface area contributed by atoms with Crippen LogP contribution in [0.2, 0.25) is 5.02 Å². The monoisotopic (exact) mass is 321 g/mol. The molecule has 0 heterocycles. The van der Waals surface area contributed by atoms with Crippen molar-refractivity contribution in [2.75, 3.05) is 13.2 Å². The van der Waals surface area contributed by atoms with E-state index in [0.717, 1.165) is 29.7 Å². The van der Waals surface area contributed by atoms with E-state index in [1.807, 2.05) is 19.9 Å². The zero-order valence-electron chi connectivity index (χ0n) is 12.4. The highest BCUT2D eigenvalue weighted by molar-refractivity contribution is 6.32. The lowest BCUT2D eigenvalue weighted by Gasteiger charge is -2.17. The number of hydrogen-bond donors (Lipinski definition) is 1. The Morgan fingerprint density at radius 2 is 1.90 bits per heavy atom. The lowest BCUT2D eigenvalue weighted by atomic mass is 10.0. The Morgan fingerprint density at radius 3 is 2.45 bits per heavy atom. The molecule has 1 atom stereocenters. The maximum atomic E-state index is 6.30. The van der Waals surface area contributed by atoms with E-state index in [9.17, 15) is 0 Å². The Hall–Kier alpha value is -0.480. The first-order valence-corrected chi connectivity index (χ1v) is 7.27. The molecule has 1 aromatic rings. The molecule has 0 radical (unpaired) electrons. The Kier molecular flexibility index (Phi) is 10.0. The third-order valence-corrected chi connectivity index (χ3v) is 3.23. The number of rotatable bonds is 8. The second kappa shape index (κ2) is 10.3. The lowest BCUT2D eigenvalue weighted by molar-refractivity contribution is 0.134. The van der Waals surface area contributed by atoms with Crippen molar-refractivity contribution in [2.45, 2.75) is 46.3 Å². The Balaban J connectivity index is 0.00000361. The van der Waals surface area contributed by atoms with Gasteiger partial charge in [0.25, 0.3) is 0 Å². The highest BCUT2D eigenvalue weighted by Gasteiger charge is 2.13. The Bertz CT molecular complexity index is 400. The predicted molar refractivity (Wildman–Crippen MR) is 87.2 cm³/mol. The molecule has 1 unspecified atom stereocenters. The number of benzene rings is 1. The van der Waals surface area contributed by atoms with Crippen LogP contribution < -0.4 is 10.5 Å². The van der Waals surface area contributed by atoms with Crippen molar-refractivity contribution in [1.29, 1.82) is 0 Å². The van der Waals surface area contributed by atoms with Crippen LogP contribution in [0.1, 0.15) is 38.3 Å². The van der Waals surface area contributed by atoms with Gasteiger partial charge in [-0.15, -0.1) is 12.4 Å². The molecule has 1 aromatic carbocycles. The average molecular weight is 322 g/mol. The van der Waals surface area contributed by atoms with Gasteiger partial charge in [-0.05, 0) is 49.9 Å². The van der Waals surface area contributed by atoms with Crippen molar-refractivity contribution >= 4 is 24.0 Å². The summed E-state index contributed by atoms with van der Waals surface area (Å²) in [7, 11) is 0. The summed E-state index contributed by atoms with van der Waals surface area (Å²) in [5.41, 5.74) is 8.17. The second-order valence-corrected chi connectivity index (χ2v) is 4.92. The number of halogens is 2. The van der Waals surface area contributed by atoms with Crippen molar-refractivity contribution in [1.82, 2.24) is 0 Å². The fraction of sp³-hybridized carbons (Fsp3) is 0.600. The van der Waals surface area contributed by atoms with Crippen LogP contribution in [0.25, 0.3) is 0 Å². The van der Waals surface area contributed by atoms with Crippen molar-refractivity contribution in [3.05, 3.63) is 28.3 Å². The van der Waals surface area contributed by atoms with Gasteiger partial charge in [0.1, 0.15) is 5.75 Å². The quantitative estimate of drug-likeness (QED) is 0.787. The van der Waals surface area contributed by atoms with E-state index in [1.165, 1.54) is 0 Å². The topological polar surface area (TPSA) is 44.5 Å². The molecule has 116 valence electrons. The normalized spacial score (nSPS) is 11.8. The molecular formula is C15H25Cl2NO2. The molecular weight excluding hydrogens is 297 g/mol. The molecule has 0 aromatic heterocycles. The molecule has 20 heavy (non-hydrogen) atoms. The zero-order valence-corrected chi connectivity index (χ0v) is 14.0. The minimum atomic E-state index is 0. The summed E-state index contributed by atoms with van der Waals surface area (Å²) < 4.78 is 11.1. The maximum absolute atomic E-state index is 6.30. The molecule has 2 N–H and O–H groups in total. The Labute approximate surface area is 133 Å². The van der Waals surface area contributed by atoms with Gasteiger partial charge in [0, 0.05) is 12.6 Å². The molecule has 0 spiro atoms. The van der Waals surface area contributed by atoms with E-state index in [2.05, 4.69) is 13.0 Å². The number of nitrogens with two attached hydrogens (primary N) is 1. The molecule has 0 amide bonds. The largest absolute Gasteiger partial charge is 0.492 e. The third kappa shape index (κ3) is 5.88. The molecule has 3 nitrogen and oxygen atoms in total. The smallest absolute Gasteiger partial charge is 0.141 e. The fourth-order valence-electron chi connectivity index (χ4n) is 1.90. The van der Waals surface area contributed by atoms with E-state index in [0.29, 0.717) is 24.8 Å². The summed E-state index contributed by atoms with van der Waals surface area (Å²) in [5, 5.41) is 0.636. The highest BCUT2D eigenvalue weighted by atomic mass is 35.5. The highest BCUT2D eigenvalue weighted by Crippen LogP contribution is 2.32. The minimum absolute atomic E-state index is 0. The molecule has 5 heteroatoms. The molecule has 0 aliphatic heterocycles. The first kappa shape index (κ1) is 19.5. The van der Waals surface area contributed by atoms with E-state index >= 15 is 0 Å². The van der Waals surface area contributed by atoms with Crippen molar-refractivity contribution in [3.8, 4) is 5.75 Å². The van der Waals surface area contributed by atoms with Crippen LogP contribution in [0, 0.1) is 0 Å². The summed E-state index contributed by atoms with van der Waals surface area (Å²) in [6.07, 6.45) is 1.70. The van der Waals surface area contributed by atoms with E-state index < -0.39 is 0 Å². The maximum Gasteiger partial charge on any atom is 0.141 e. The van der Waals surface area contributed by atoms with Crippen LogP contribution in [0.4, 0.5) is 0 Å². The van der Waals surface area contributed by atoms with Crippen molar-refractivity contribution in [2.24, 2.45) is 5.73 Å². The van der Waals surface area contributed by atoms with Crippen LogP contribution in [-0.2, 0) is 17.8 Å². The van der Waals surface area contributed by atoms with Gasteiger partial charge in [-0.2, -0.15) is 0 Å². The molecule has 1 rings (SSSR count). The van der Waals surface area contributed by atoms with Crippen LogP contribution in [0.15, 0.2) is 12.1 Å². The van der Waals surface area contributed by atoms with Gasteiger partial charge in [-0.25, -0.2) is 0 Å². The molecule has 0 fully saturated rings. The van der Waals surface area contributed by atoms with Gasteiger partial charge in [-0.1, -0.05) is 18.5 Å². The summed E-state index contributed by atoms with van der Waals surface area (Å²) in [6, 6.07) is 4.11. The molecule has 0 aliphatic rings. The van der Waals surface area contributed by atoms with Crippen molar-refractivity contribution in [3.63, 3.8) is 0 Å². The third-order valence-electron chi connectivity index (χ3n) is 2.95. The van der Waals surface area contributed by atoms with E-state index in [4.69, 9.17) is 26.8 Å². The molecule has 0 bridgehead atoms. The number of ether oxygens (including phenoxy) is 2. The van der Waals surface area contributed by atoms with Crippen LogP contribution in [0.3, 0.4) is 0 Å². The minimum Gasteiger partial charge on any atom is -0.492 e. The lowest BCUT2D eigenvalue weighted by Crippen LogP contribution is -2.22. The van der Waals surface area contributed by atoms with Crippen LogP contribution >= 0.6 is 24.0 Å².